The van der Waals surface area contributed by atoms with Crippen molar-refractivity contribution in [2.24, 2.45) is 0 Å². The third-order valence-electron chi connectivity index (χ3n) is 5.95. The van der Waals surface area contributed by atoms with Gasteiger partial charge in [-0.2, -0.15) is 9.78 Å². The average Bonchev–Trinajstić information content (AvgIpc) is 3.34. The third kappa shape index (κ3) is 3.56. The van der Waals surface area contributed by atoms with Gasteiger partial charge in [-0.1, -0.05) is 49.4 Å². The van der Waals surface area contributed by atoms with E-state index in [1.807, 2.05) is 32.0 Å². The van der Waals surface area contributed by atoms with E-state index >= 15 is 0 Å². The lowest BCUT2D eigenvalue weighted by atomic mass is 9.85. The number of hydrogen-bond acceptors (Lipinski definition) is 5. The van der Waals surface area contributed by atoms with Gasteiger partial charge in [0.25, 0.3) is 0 Å². The number of aryl methyl sites for hydroxylation is 1. The van der Waals surface area contributed by atoms with E-state index in [1.165, 1.54) is 16.9 Å². The first-order valence-electron chi connectivity index (χ1n) is 11.0. The van der Waals surface area contributed by atoms with Crippen LogP contribution in [0.5, 0.6) is 5.75 Å². The molecule has 6 nitrogen and oxygen atoms in total. The summed E-state index contributed by atoms with van der Waals surface area (Å²) < 4.78 is 8.43. The Morgan fingerprint density at radius 1 is 1.22 bits per heavy atom. The molecule has 1 unspecified atom stereocenters. The van der Waals surface area contributed by atoms with Gasteiger partial charge in [-0.25, -0.2) is 4.98 Å². The summed E-state index contributed by atoms with van der Waals surface area (Å²) in [5, 5.41) is 8.58. The van der Waals surface area contributed by atoms with E-state index in [4.69, 9.17) is 14.8 Å². The van der Waals surface area contributed by atoms with Crippen molar-refractivity contribution in [1.82, 2.24) is 14.8 Å². The highest BCUT2D eigenvalue weighted by molar-refractivity contribution is 7.20. The lowest BCUT2D eigenvalue weighted by Crippen LogP contribution is -2.24. The maximum atomic E-state index is 12.7. The van der Waals surface area contributed by atoms with Crippen LogP contribution in [-0.4, -0.2) is 27.3 Å². The van der Waals surface area contributed by atoms with Crippen LogP contribution in [0.25, 0.3) is 15.3 Å². The molecule has 0 fully saturated rings. The summed E-state index contributed by atoms with van der Waals surface area (Å²) in [6.07, 6.45) is 0.415. The standard InChI is InChI=1S/C25H26N4O2S/c1-5-31-18-10-11-20-21(12-18)32-25(26-20)29-24-23(15(4)28-29)19(13-22(30)27-24)17-8-6-16(7-9-17)14(2)3/h6-12,14,19H,5,13H2,1-4H3,(H,27,30). The second-order valence-corrected chi connectivity index (χ2v) is 9.45. The molecule has 1 aliphatic rings. The highest BCUT2D eigenvalue weighted by Gasteiger charge is 2.33. The van der Waals surface area contributed by atoms with E-state index in [-0.39, 0.29) is 11.8 Å². The summed E-state index contributed by atoms with van der Waals surface area (Å²) in [7, 11) is 0. The normalized spacial score (nSPS) is 15.8. The van der Waals surface area contributed by atoms with E-state index in [0.717, 1.165) is 43.7 Å². The topological polar surface area (TPSA) is 69.0 Å². The van der Waals surface area contributed by atoms with E-state index in [2.05, 4.69) is 43.4 Å². The maximum Gasteiger partial charge on any atom is 0.226 e. The second-order valence-electron chi connectivity index (χ2n) is 8.44. The zero-order chi connectivity index (χ0) is 22.4. The fourth-order valence-corrected chi connectivity index (χ4v) is 5.28. The Balaban J connectivity index is 1.58. The van der Waals surface area contributed by atoms with Gasteiger partial charge in [0, 0.05) is 17.9 Å². The van der Waals surface area contributed by atoms with Crippen molar-refractivity contribution in [3.63, 3.8) is 0 Å². The zero-order valence-electron chi connectivity index (χ0n) is 18.7. The Morgan fingerprint density at radius 3 is 2.72 bits per heavy atom. The quantitative estimate of drug-likeness (QED) is 0.421. The van der Waals surface area contributed by atoms with Crippen molar-refractivity contribution in [3.05, 3.63) is 64.8 Å². The van der Waals surface area contributed by atoms with Gasteiger partial charge in [0.1, 0.15) is 11.6 Å². The number of aromatic nitrogens is 3. The number of nitrogens with one attached hydrogen (secondary N) is 1. The molecule has 2 aromatic heterocycles. The largest absolute Gasteiger partial charge is 0.494 e. The van der Waals surface area contributed by atoms with Crippen molar-refractivity contribution in [1.29, 1.82) is 0 Å². The molecule has 1 amide bonds. The Morgan fingerprint density at radius 2 is 2.00 bits per heavy atom. The number of thiazole rings is 1. The first kappa shape index (κ1) is 20.7. The van der Waals surface area contributed by atoms with Crippen molar-refractivity contribution in [2.75, 3.05) is 11.9 Å². The molecule has 0 aliphatic carbocycles. The van der Waals surface area contributed by atoms with Crippen molar-refractivity contribution < 1.29 is 9.53 Å². The molecule has 32 heavy (non-hydrogen) atoms. The molecule has 5 rings (SSSR count). The molecule has 1 aliphatic heterocycles. The number of nitrogens with zero attached hydrogens (tertiary/aromatic N) is 3. The molecule has 2 aromatic carbocycles. The van der Waals surface area contributed by atoms with E-state index in [0.29, 0.717) is 18.9 Å². The van der Waals surface area contributed by atoms with Gasteiger partial charge in [0.05, 0.1) is 22.5 Å². The number of amides is 1. The Hall–Kier alpha value is -3.19. The molecule has 0 saturated heterocycles. The third-order valence-corrected chi connectivity index (χ3v) is 6.94. The summed E-state index contributed by atoms with van der Waals surface area (Å²) in [6.45, 7) is 8.96. The summed E-state index contributed by atoms with van der Waals surface area (Å²) in [6, 6.07) is 14.5. The number of carbonyl (C=O) groups is 1. The number of carbonyl (C=O) groups excluding carboxylic acids is 1. The molecule has 4 aromatic rings. The number of fused-ring (bicyclic) bond motifs is 2. The van der Waals surface area contributed by atoms with Gasteiger partial charge >= 0.3 is 0 Å². The van der Waals surface area contributed by atoms with E-state index in [1.54, 1.807) is 4.68 Å². The summed E-state index contributed by atoms with van der Waals surface area (Å²) >= 11 is 1.54. The predicted octanol–water partition coefficient (Wildman–Crippen LogP) is 5.79. The molecule has 3 heterocycles. The Kier molecular flexibility index (Phi) is 5.21. The number of hydrogen-bond donors (Lipinski definition) is 1. The van der Waals surface area contributed by atoms with Crippen LogP contribution in [0.4, 0.5) is 5.82 Å². The van der Waals surface area contributed by atoms with Gasteiger partial charge in [0.15, 0.2) is 0 Å². The molecule has 0 spiro atoms. The SMILES string of the molecule is CCOc1ccc2nc(-n3nc(C)c4c3NC(=O)CC4c3ccc(C(C)C)cc3)sc2c1. The highest BCUT2D eigenvalue weighted by Crippen LogP contribution is 2.41. The first-order valence-corrected chi connectivity index (χ1v) is 11.8. The molecule has 1 N–H and O–H groups in total. The minimum atomic E-state index is -0.0207. The average molecular weight is 447 g/mol. The van der Waals surface area contributed by atoms with Gasteiger partial charge in [-0.15, -0.1) is 0 Å². The molecule has 164 valence electrons. The Labute approximate surface area is 191 Å². The van der Waals surface area contributed by atoms with Crippen molar-refractivity contribution >= 4 is 33.3 Å². The molecule has 7 heteroatoms. The minimum absolute atomic E-state index is 0.00340. The summed E-state index contributed by atoms with van der Waals surface area (Å²) in [5.74, 6) is 2.00. The number of rotatable bonds is 5. The second kappa shape index (κ2) is 8.06. The fourth-order valence-electron chi connectivity index (χ4n) is 4.32. The first-order chi connectivity index (χ1) is 15.4. The lowest BCUT2D eigenvalue weighted by molar-refractivity contribution is -0.116. The highest BCUT2D eigenvalue weighted by atomic mass is 32.1. The van der Waals surface area contributed by atoms with Crippen LogP contribution in [0.2, 0.25) is 0 Å². The predicted molar refractivity (Wildman–Crippen MR) is 128 cm³/mol. The summed E-state index contributed by atoms with van der Waals surface area (Å²) in [4.78, 5) is 17.5. The monoisotopic (exact) mass is 446 g/mol. The van der Waals surface area contributed by atoms with Gasteiger partial charge in [-0.3, -0.25) is 4.79 Å². The lowest BCUT2D eigenvalue weighted by Gasteiger charge is -2.24. The molecule has 1 atom stereocenters. The fraction of sp³-hybridized carbons (Fsp3) is 0.320. The summed E-state index contributed by atoms with van der Waals surface area (Å²) in [5.41, 5.74) is 5.29. The molecular formula is C25H26N4O2S. The van der Waals surface area contributed by atoms with Crippen molar-refractivity contribution in [3.8, 4) is 10.9 Å². The zero-order valence-corrected chi connectivity index (χ0v) is 19.5. The smallest absolute Gasteiger partial charge is 0.226 e. The van der Waals surface area contributed by atoms with Crippen LogP contribution in [-0.2, 0) is 4.79 Å². The van der Waals surface area contributed by atoms with Crippen LogP contribution >= 0.6 is 11.3 Å². The minimum Gasteiger partial charge on any atom is -0.494 e. The number of benzene rings is 2. The Bertz CT molecular complexity index is 1300. The van der Waals surface area contributed by atoms with Crippen LogP contribution < -0.4 is 10.1 Å². The number of ether oxygens (including phenoxy) is 1. The molecular weight excluding hydrogens is 420 g/mol. The van der Waals surface area contributed by atoms with Gasteiger partial charge in [-0.05, 0) is 49.1 Å². The molecule has 0 radical (unpaired) electrons. The van der Waals surface area contributed by atoms with Gasteiger partial charge < -0.3 is 10.1 Å². The molecule has 0 bridgehead atoms. The van der Waals surface area contributed by atoms with E-state index in [9.17, 15) is 4.79 Å². The van der Waals surface area contributed by atoms with Crippen LogP contribution in [0.15, 0.2) is 42.5 Å². The van der Waals surface area contributed by atoms with E-state index < -0.39 is 0 Å². The van der Waals surface area contributed by atoms with Crippen molar-refractivity contribution in [2.45, 2.75) is 46.0 Å². The van der Waals surface area contributed by atoms with Crippen LogP contribution in [0.1, 0.15) is 61.4 Å². The van der Waals surface area contributed by atoms with Crippen LogP contribution in [0, 0.1) is 6.92 Å². The maximum absolute atomic E-state index is 12.7. The molecule has 0 saturated carbocycles. The number of anilines is 1. The van der Waals surface area contributed by atoms with Gasteiger partial charge in [0.2, 0.25) is 11.0 Å². The van der Waals surface area contributed by atoms with Crippen LogP contribution in [0.3, 0.4) is 0 Å².